The molecule has 0 aromatic heterocycles. The number of rotatable bonds is 3. The van der Waals surface area contributed by atoms with E-state index in [-0.39, 0.29) is 5.91 Å². The molecule has 1 saturated heterocycles. The number of carbonyl (C=O) groups is 1. The highest BCUT2D eigenvalue weighted by molar-refractivity contribution is 6.00. The van der Waals surface area contributed by atoms with Crippen LogP contribution in [0, 0.1) is 5.92 Å². The molecule has 102 valence electrons. The van der Waals surface area contributed by atoms with Crippen molar-refractivity contribution in [2.75, 3.05) is 11.9 Å². The van der Waals surface area contributed by atoms with E-state index in [2.05, 4.69) is 24.1 Å². The zero-order valence-electron chi connectivity index (χ0n) is 11.7. The van der Waals surface area contributed by atoms with Crippen LogP contribution in [0.4, 0.5) is 5.69 Å². The minimum atomic E-state index is 0.205. The van der Waals surface area contributed by atoms with Crippen LogP contribution in [0.1, 0.15) is 43.5 Å². The fourth-order valence-corrected chi connectivity index (χ4v) is 3.43. The Balaban J connectivity index is 1.83. The summed E-state index contributed by atoms with van der Waals surface area (Å²) < 4.78 is 0. The van der Waals surface area contributed by atoms with Gasteiger partial charge in [-0.05, 0) is 51.2 Å². The summed E-state index contributed by atoms with van der Waals surface area (Å²) in [6, 6.07) is 8.71. The summed E-state index contributed by atoms with van der Waals surface area (Å²) in [5, 5.41) is 3.37. The van der Waals surface area contributed by atoms with Gasteiger partial charge < -0.3 is 10.2 Å². The second kappa shape index (κ2) is 4.87. The minimum absolute atomic E-state index is 0.205. The Kier molecular flexibility index (Phi) is 3.21. The number of fused-ring (bicyclic) bond motifs is 2. The van der Waals surface area contributed by atoms with Gasteiger partial charge in [-0.1, -0.05) is 12.1 Å². The standard InChI is InChI=1S/C16H22N2O/c1-11(2)17-15-6-4-3-5-14(15)16(19)18-10-12-7-8-13(18)9-12/h3-6,11-13,17H,7-10H2,1-2H3. The molecule has 1 aliphatic heterocycles. The number of anilines is 1. The van der Waals surface area contributed by atoms with Gasteiger partial charge in [-0.15, -0.1) is 0 Å². The Labute approximate surface area is 115 Å². The summed E-state index contributed by atoms with van der Waals surface area (Å²) in [4.78, 5) is 14.8. The van der Waals surface area contributed by atoms with E-state index in [1.807, 2.05) is 24.3 Å². The van der Waals surface area contributed by atoms with Crippen molar-refractivity contribution >= 4 is 11.6 Å². The third kappa shape index (κ3) is 2.34. The molecule has 3 rings (SSSR count). The highest BCUT2D eigenvalue weighted by Crippen LogP contribution is 2.38. The third-order valence-corrected chi connectivity index (χ3v) is 4.27. The van der Waals surface area contributed by atoms with Crippen LogP contribution in [-0.2, 0) is 0 Å². The van der Waals surface area contributed by atoms with Gasteiger partial charge in [-0.25, -0.2) is 0 Å². The van der Waals surface area contributed by atoms with Crippen LogP contribution in [0.15, 0.2) is 24.3 Å². The van der Waals surface area contributed by atoms with E-state index in [4.69, 9.17) is 0 Å². The number of hydrogen-bond donors (Lipinski definition) is 1. The van der Waals surface area contributed by atoms with E-state index >= 15 is 0 Å². The average Bonchev–Trinajstić information content (AvgIpc) is 3.00. The predicted molar refractivity (Wildman–Crippen MR) is 77.4 cm³/mol. The van der Waals surface area contributed by atoms with E-state index in [0.29, 0.717) is 12.1 Å². The molecule has 2 unspecified atom stereocenters. The molecule has 1 saturated carbocycles. The number of benzene rings is 1. The molecule has 1 aromatic rings. The monoisotopic (exact) mass is 258 g/mol. The van der Waals surface area contributed by atoms with Crippen molar-refractivity contribution in [1.82, 2.24) is 4.90 Å². The Hall–Kier alpha value is -1.51. The molecular weight excluding hydrogens is 236 g/mol. The highest BCUT2D eigenvalue weighted by atomic mass is 16.2. The topological polar surface area (TPSA) is 32.3 Å². The number of likely N-dealkylation sites (tertiary alicyclic amines) is 1. The van der Waals surface area contributed by atoms with Crippen molar-refractivity contribution < 1.29 is 4.79 Å². The normalized spacial score (nSPS) is 25.1. The molecule has 2 bridgehead atoms. The van der Waals surface area contributed by atoms with Gasteiger partial charge in [0.25, 0.3) is 5.91 Å². The number of para-hydroxylation sites is 1. The molecule has 0 radical (unpaired) electrons. The first-order valence-corrected chi connectivity index (χ1v) is 7.31. The molecular formula is C16H22N2O. The molecule has 2 atom stereocenters. The molecule has 3 heteroatoms. The molecule has 2 fully saturated rings. The molecule has 1 aliphatic carbocycles. The predicted octanol–water partition coefficient (Wildman–Crippen LogP) is 3.13. The number of carbonyl (C=O) groups excluding carboxylic acids is 1. The summed E-state index contributed by atoms with van der Waals surface area (Å²) in [5.74, 6) is 0.954. The van der Waals surface area contributed by atoms with Gasteiger partial charge in [0.1, 0.15) is 0 Å². The van der Waals surface area contributed by atoms with E-state index in [1.54, 1.807) is 0 Å². The fourth-order valence-electron chi connectivity index (χ4n) is 3.43. The summed E-state index contributed by atoms with van der Waals surface area (Å²) in [5.41, 5.74) is 1.79. The Morgan fingerprint density at radius 1 is 1.32 bits per heavy atom. The molecule has 3 nitrogen and oxygen atoms in total. The highest BCUT2D eigenvalue weighted by Gasteiger charge is 2.40. The van der Waals surface area contributed by atoms with Crippen LogP contribution in [0.2, 0.25) is 0 Å². The van der Waals surface area contributed by atoms with Gasteiger partial charge in [-0.3, -0.25) is 4.79 Å². The van der Waals surface area contributed by atoms with Crippen molar-refractivity contribution in [3.63, 3.8) is 0 Å². The van der Waals surface area contributed by atoms with Crippen LogP contribution in [0.3, 0.4) is 0 Å². The lowest BCUT2D eigenvalue weighted by molar-refractivity contribution is 0.0704. The van der Waals surface area contributed by atoms with Crippen LogP contribution in [0.5, 0.6) is 0 Å². The molecule has 1 heterocycles. The summed E-state index contributed by atoms with van der Waals surface area (Å²) in [6.45, 7) is 5.15. The second-order valence-electron chi connectivity index (χ2n) is 6.14. The Morgan fingerprint density at radius 3 is 2.74 bits per heavy atom. The van der Waals surface area contributed by atoms with Crippen molar-refractivity contribution in [2.24, 2.45) is 5.92 Å². The summed E-state index contributed by atoms with van der Waals surface area (Å²) in [6.07, 6.45) is 3.71. The Morgan fingerprint density at radius 2 is 2.11 bits per heavy atom. The number of piperidine rings is 1. The zero-order chi connectivity index (χ0) is 13.4. The largest absolute Gasteiger partial charge is 0.382 e. The van der Waals surface area contributed by atoms with Crippen molar-refractivity contribution in [1.29, 1.82) is 0 Å². The van der Waals surface area contributed by atoms with E-state index < -0.39 is 0 Å². The molecule has 2 aliphatic rings. The first kappa shape index (κ1) is 12.5. The Bertz CT molecular complexity index is 483. The number of nitrogens with zero attached hydrogens (tertiary/aromatic N) is 1. The SMILES string of the molecule is CC(C)Nc1ccccc1C(=O)N1CC2CCC1C2. The first-order chi connectivity index (χ1) is 9.15. The fraction of sp³-hybridized carbons (Fsp3) is 0.562. The number of amides is 1. The van der Waals surface area contributed by atoms with Crippen LogP contribution in [0.25, 0.3) is 0 Å². The maximum absolute atomic E-state index is 12.7. The van der Waals surface area contributed by atoms with E-state index in [0.717, 1.165) is 23.7 Å². The third-order valence-electron chi connectivity index (χ3n) is 4.27. The van der Waals surface area contributed by atoms with E-state index in [9.17, 15) is 4.79 Å². The van der Waals surface area contributed by atoms with Crippen LogP contribution in [-0.4, -0.2) is 29.4 Å². The lowest BCUT2D eigenvalue weighted by atomic mass is 10.1. The lowest BCUT2D eigenvalue weighted by Crippen LogP contribution is -2.38. The van der Waals surface area contributed by atoms with Crippen LogP contribution >= 0.6 is 0 Å². The van der Waals surface area contributed by atoms with Gasteiger partial charge in [0, 0.05) is 24.3 Å². The van der Waals surface area contributed by atoms with Gasteiger partial charge in [0.15, 0.2) is 0 Å². The summed E-state index contributed by atoms with van der Waals surface area (Å²) in [7, 11) is 0. The number of hydrogen-bond acceptors (Lipinski definition) is 2. The zero-order valence-corrected chi connectivity index (χ0v) is 11.7. The molecule has 1 aromatic carbocycles. The molecule has 1 amide bonds. The summed E-state index contributed by atoms with van der Waals surface area (Å²) >= 11 is 0. The maximum atomic E-state index is 12.7. The van der Waals surface area contributed by atoms with Gasteiger partial charge in [-0.2, -0.15) is 0 Å². The average molecular weight is 258 g/mol. The molecule has 0 spiro atoms. The lowest BCUT2D eigenvalue weighted by Gasteiger charge is -2.28. The quantitative estimate of drug-likeness (QED) is 0.903. The van der Waals surface area contributed by atoms with Crippen molar-refractivity contribution in [3.8, 4) is 0 Å². The van der Waals surface area contributed by atoms with Crippen molar-refractivity contribution in [2.45, 2.75) is 45.2 Å². The smallest absolute Gasteiger partial charge is 0.256 e. The maximum Gasteiger partial charge on any atom is 0.256 e. The van der Waals surface area contributed by atoms with E-state index in [1.165, 1.54) is 19.3 Å². The number of nitrogens with one attached hydrogen (secondary N) is 1. The van der Waals surface area contributed by atoms with Gasteiger partial charge in [0.05, 0.1) is 5.56 Å². The first-order valence-electron chi connectivity index (χ1n) is 7.31. The second-order valence-corrected chi connectivity index (χ2v) is 6.14. The van der Waals surface area contributed by atoms with Crippen molar-refractivity contribution in [3.05, 3.63) is 29.8 Å². The molecule has 1 N–H and O–H groups in total. The van der Waals surface area contributed by atoms with Gasteiger partial charge >= 0.3 is 0 Å². The molecule has 19 heavy (non-hydrogen) atoms. The van der Waals surface area contributed by atoms with Crippen LogP contribution < -0.4 is 5.32 Å². The minimum Gasteiger partial charge on any atom is -0.382 e. The van der Waals surface area contributed by atoms with Gasteiger partial charge in [0.2, 0.25) is 0 Å².